The van der Waals surface area contributed by atoms with Crippen LogP contribution in [0.2, 0.25) is 0 Å². The van der Waals surface area contributed by atoms with Crippen LogP contribution in [0.3, 0.4) is 0 Å². The van der Waals surface area contributed by atoms with Crippen LogP contribution in [0.5, 0.6) is 5.75 Å². The first-order valence-corrected chi connectivity index (χ1v) is 4.45. The molecule has 2 rings (SSSR count). The second-order valence-corrected chi connectivity index (χ2v) is 3.30. The van der Waals surface area contributed by atoms with E-state index in [1.165, 1.54) is 13.2 Å². The van der Waals surface area contributed by atoms with E-state index in [0.717, 1.165) is 0 Å². The maximum Gasteiger partial charge on any atom is 0.133 e. The quantitative estimate of drug-likeness (QED) is 0.737. The molecule has 1 aromatic rings. The van der Waals surface area contributed by atoms with Gasteiger partial charge in [0.15, 0.2) is 0 Å². The Morgan fingerprint density at radius 2 is 2.36 bits per heavy atom. The molecule has 1 N–H and O–H groups in total. The SMILES string of the molecule is COc1cc(F)c2c(c1)CNCC2[O]. The van der Waals surface area contributed by atoms with E-state index in [-0.39, 0.29) is 12.1 Å². The van der Waals surface area contributed by atoms with Crippen molar-refractivity contribution in [1.29, 1.82) is 0 Å². The van der Waals surface area contributed by atoms with Crippen LogP contribution in [0, 0.1) is 5.82 Å². The Labute approximate surface area is 81.5 Å². The lowest BCUT2D eigenvalue weighted by Gasteiger charge is -2.21. The minimum Gasteiger partial charge on any atom is -0.497 e. The van der Waals surface area contributed by atoms with Gasteiger partial charge in [0.2, 0.25) is 0 Å². The van der Waals surface area contributed by atoms with E-state index in [4.69, 9.17) is 4.74 Å². The number of fused-ring (bicyclic) bond motifs is 1. The fraction of sp³-hybridized carbons (Fsp3) is 0.400. The molecule has 0 bridgehead atoms. The Morgan fingerprint density at radius 3 is 3.07 bits per heavy atom. The maximum absolute atomic E-state index is 13.5. The standard InChI is InChI=1S/C10H11FNO2/c1-14-7-2-6-4-12-5-9(13)10(6)8(11)3-7/h2-3,9,12H,4-5H2,1H3. The number of hydrogen-bond acceptors (Lipinski definition) is 2. The van der Waals surface area contributed by atoms with Crippen LogP contribution in [-0.2, 0) is 11.7 Å². The molecule has 1 unspecified atom stereocenters. The summed E-state index contributed by atoms with van der Waals surface area (Å²) in [5.74, 6) is -0.00185. The Balaban J connectivity index is 2.51. The third-order valence-corrected chi connectivity index (χ3v) is 2.39. The average Bonchev–Trinajstić information content (AvgIpc) is 2.17. The molecule has 1 aromatic carbocycles. The summed E-state index contributed by atoms with van der Waals surface area (Å²) < 4.78 is 18.4. The highest BCUT2D eigenvalue weighted by Crippen LogP contribution is 2.29. The van der Waals surface area contributed by atoms with Crippen molar-refractivity contribution in [3.05, 3.63) is 29.1 Å². The first-order valence-electron chi connectivity index (χ1n) is 4.45. The number of hydrogen-bond donors (Lipinski definition) is 1. The molecular formula is C10H11FNO2. The minimum absolute atomic E-state index is 0.282. The Hall–Kier alpha value is -1.13. The fourth-order valence-electron chi connectivity index (χ4n) is 1.71. The molecule has 0 aromatic heterocycles. The van der Waals surface area contributed by atoms with Crippen LogP contribution < -0.4 is 10.1 Å². The molecular weight excluding hydrogens is 185 g/mol. The van der Waals surface area contributed by atoms with Crippen molar-refractivity contribution >= 4 is 0 Å². The molecule has 1 atom stereocenters. The second-order valence-electron chi connectivity index (χ2n) is 3.30. The summed E-state index contributed by atoms with van der Waals surface area (Å²) in [5.41, 5.74) is 0.984. The molecule has 1 radical (unpaired) electrons. The van der Waals surface area contributed by atoms with E-state index >= 15 is 0 Å². The van der Waals surface area contributed by atoms with E-state index in [1.54, 1.807) is 6.07 Å². The largest absolute Gasteiger partial charge is 0.497 e. The van der Waals surface area contributed by atoms with Crippen LogP contribution in [0.25, 0.3) is 0 Å². The highest BCUT2D eigenvalue weighted by Gasteiger charge is 2.23. The van der Waals surface area contributed by atoms with Crippen molar-refractivity contribution in [3.63, 3.8) is 0 Å². The average molecular weight is 196 g/mol. The Kier molecular flexibility index (Phi) is 2.39. The van der Waals surface area contributed by atoms with Gasteiger partial charge in [-0.3, -0.25) is 0 Å². The van der Waals surface area contributed by atoms with E-state index in [0.29, 0.717) is 17.9 Å². The lowest BCUT2D eigenvalue weighted by Crippen LogP contribution is -2.28. The summed E-state index contributed by atoms with van der Waals surface area (Å²) in [5, 5.41) is 14.4. The molecule has 14 heavy (non-hydrogen) atoms. The number of benzene rings is 1. The number of ether oxygens (including phenoxy) is 1. The van der Waals surface area contributed by atoms with Gasteiger partial charge in [-0.2, -0.15) is 0 Å². The number of nitrogens with one attached hydrogen (secondary N) is 1. The van der Waals surface area contributed by atoms with Gasteiger partial charge < -0.3 is 10.1 Å². The van der Waals surface area contributed by atoms with Crippen molar-refractivity contribution in [1.82, 2.24) is 5.32 Å². The number of methoxy groups -OCH3 is 1. The summed E-state index contributed by atoms with van der Waals surface area (Å²) in [6, 6.07) is 2.96. The topological polar surface area (TPSA) is 41.2 Å². The zero-order valence-corrected chi connectivity index (χ0v) is 7.84. The van der Waals surface area contributed by atoms with Crippen molar-refractivity contribution in [2.24, 2.45) is 0 Å². The van der Waals surface area contributed by atoms with Crippen molar-refractivity contribution in [3.8, 4) is 5.75 Å². The molecule has 3 nitrogen and oxygen atoms in total. The molecule has 0 spiro atoms. The highest BCUT2D eigenvalue weighted by atomic mass is 19.1. The van der Waals surface area contributed by atoms with E-state index in [1.807, 2.05) is 0 Å². The predicted molar refractivity (Wildman–Crippen MR) is 48.1 cm³/mol. The second kappa shape index (κ2) is 3.55. The number of halogens is 1. The van der Waals surface area contributed by atoms with Gasteiger partial charge in [0.1, 0.15) is 17.7 Å². The van der Waals surface area contributed by atoms with Gasteiger partial charge in [-0.1, -0.05) is 0 Å². The normalized spacial score (nSPS) is 20.4. The van der Waals surface area contributed by atoms with Gasteiger partial charge in [0.05, 0.1) is 7.11 Å². The van der Waals surface area contributed by atoms with Gasteiger partial charge in [-0.15, -0.1) is 0 Å². The smallest absolute Gasteiger partial charge is 0.133 e. The van der Waals surface area contributed by atoms with Crippen molar-refractivity contribution in [2.45, 2.75) is 12.6 Å². The summed E-state index contributed by atoms with van der Waals surface area (Å²) in [6.45, 7) is 0.818. The summed E-state index contributed by atoms with van der Waals surface area (Å²) in [7, 11) is 1.48. The van der Waals surface area contributed by atoms with Gasteiger partial charge in [0.25, 0.3) is 0 Å². The van der Waals surface area contributed by atoms with Gasteiger partial charge >= 0.3 is 0 Å². The number of rotatable bonds is 1. The minimum atomic E-state index is -1.01. The van der Waals surface area contributed by atoms with Gasteiger partial charge in [0, 0.05) is 24.7 Å². The maximum atomic E-state index is 13.5. The lowest BCUT2D eigenvalue weighted by atomic mass is 9.98. The van der Waals surface area contributed by atoms with Crippen LogP contribution in [0.15, 0.2) is 12.1 Å². The fourth-order valence-corrected chi connectivity index (χ4v) is 1.71. The molecule has 1 aliphatic rings. The summed E-state index contributed by atoms with van der Waals surface area (Å²) in [6.07, 6.45) is -1.01. The molecule has 4 heteroatoms. The Morgan fingerprint density at radius 1 is 1.57 bits per heavy atom. The third-order valence-electron chi connectivity index (χ3n) is 2.39. The Bertz CT molecular complexity index is 354. The van der Waals surface area contributed by atoms with E-state index in [9.17, 15) is 9.50 Å². The first kappa shape index (κ1) is 9.43. The van der Waals surface area contributed by atoms with Crippen molar-refractivity contribution in [2.75, 3.05) is 13.7 Å². The first-order chi connectivity index (χ1) is 6.72. The lowest BCUT2D eigenvalue weighted by molar-refractivity contribution is 0.0778. The highest BCUT2D eigenvalue weighted by molar-refractivity contribution is 5.39. The molecule has 0 fully saturated rings. The van der Waals surface area contributed by atoms with E-state index < -0.39 is 11.9 Å². The van der Waals surface area contributed by atoms with E-state index in [2.05, 4.69) is 5.32 Å². The zero-order valence-electron chi connectivity index (χ0n) is 7.84. The third kappa shape index (κ3) is 1.47. The molecule has 75 valence electrons. The molecule has 0 amide bonds. The van der Waals surface area contributed by atoms with Gasteiger partial charge in [-0.05, 0) is 11.6 Å². The predicted octanol–water partition coefficient (Wildman–Crippen LogP) is 1.41. The summed E-state index contributed by atoms with van der Waals surface area (Å²) in [4.78, 5) is 0. The zero-order chi connectivity index (χ0) is 10.1. The van der Waals surface area contributed by atoms with Crippen LogP contribution >= 0.6 is 0 Å². The summed E-state index contributed by atoms with van der Waals surface area (Å²) >= 11 is 0. The molecule has 1 aliphatic heterocycles. The molecule has 0 aliphatic carbocycles. The molecule has 0 saturated heterocycles. The van der Waals surface area contributed by atoms with Crippen LogP contribution in [0.1, 0.15) is 17.2 Å². The van der Waals surface area contributed by atoms with Crippen molar-refractivity contribution < 1.29 is 14.2 Å². The van der Waals surface area contributed by atoms with Crippen LogP contribution in [0.4, 0.5) is 4.39 Å². The molecule has 1 heterocycles. The molecule has 0 saturated carbocycles. The van der Waals surface area contributed by atoms with Gasteiger partial charge in [-0.25, -0.2) is 9.50 Å². The van der Waals surface area contributed by atoms with Crippen LogP contribution in [-0.4, -0.2) is 13.7 Å². The monoisotopic (exact) mass is 196 g/mol.